The van der Waals surface area contributed by atoms with Gasteiger partial charge in [-0.05, 0) is 0 Å². The molecule has 0 bridgehead atoms. The van der Waals surface area contributed by atoms with E-state index in [1.54, 1.807) is 28.0 Å². The summed E-state index contributed by atoms with van der Waals surface area (Å²) in [5.41, 5.74) is 1.40. The van der Waals surface area contributed by atoms with E-state index in [9.17, 15) is 0 Å². The Kier molecular flexibility index (Phi) is 10.5. The molecule has 1 rings (SSSR count). The number of hydrogen-bond acceptors (Lipinski definition) is 0. The van der Waals surface area contributed by atoms with Crippen molar-refractivity contribution in [1.82, 2.24) is 0 Å². The van der Waals surface area contributed by atoms with E-state index in [0.717, 1.165) is 6.42 Å². The quantitative estimate of drug-likeness (QED) is 0.498. The van der Waals surface area contributed by atoms with E-state index >= 15 is 0 Å². The van der Waals surface area contributed by atoms with Crippen LogP contribution in [0.15, 0.2) is 33.2 Å². The van der Waals surface area contributed by atoms with Gasteiger partial charge in [-0.3, -0.25) is 0 Å². The van der Waals surface area contributed by atoms with Crippen LogP contribution in [0.4, 0.5) is 0 Å². The first-order valence-corrected chi connectivity index (χ1v) is 4.84. The molecular weight excluding hydrogens is 270 g/mol. The summed E-state index contributed by atoms with van der Waals surface area (Å²) in [7, 11) is 0. The zero-order valence-corrected chi connectivity index (χ0v) is 10.9. The van der Waals surface area contributed by atoms with Gasteiger partial charge in [0.05, 0.1) is 0 Å². The van der Waals surface area contributed by atoms with Gasteiger partial charge in [0.15, 0.2) is 0 Å². The van der Waals surface area contributed by atoms with Crippen LogP contribution in [0.2, 0.25) is 0 Å². The Morgan fingerprint density at radius 2 is 2.17 bits per heavy atom. The summed E-state index contributed by atoms with van der Waals surface area (Å²) in [6.45, 7) is 2.16. The van der Waals surface area contributed by atoms with Gasteiger partial charge in [-0.1, -0.05) is 0 Å². The minimum atomic E-state index is 0. The molecule has 65 valence electrons. The molecule has 0 fully saturated rings. The van der Waals surface area contributed by atoms with Crippen molar-refractivity contribution in [2.24, 2.45) is 0 Å². The maximum absolute atomic E-state index is 2.29. The molecule has 0 heterocycles. The molecule has 0 saturated carbocycles. The fraction of sp³-hybridized carbons (Fsp3) is 0.333. The molecule has 12 heavy (non-hydrogen) atoms. The van der Waals surface area contributed by atoms with Gasteiger partial charge in [-0.25, -0.2) is 0 Å². The van der Waals surface area contributed by atoms with Crippen molar-refractivity contribution in [2.75, 3.05) is 0 Å². The van der Waals surface area contributed by atoms with Crippen molar-refractivity contribution < 1.29 is 49.5 Å². The molecule has 0 atom stereocenters. The van der Waals surface area contributed by atoms with Crippen molar-refractivity contribution in [2.45, 2.75) is 19.8 Å². The van der Waals surface area contributed by atoms with Gasteiger partial charge in [0.2, 0.25) is 0 Å². The minimum absolute atomic E-state index is 0. The Hall–Kier alpha value is 0.683. The van der Waals surface area contributed by atoms with Gasteiger partial charge in [-0.15, -0.1) is 0 Å². The molecule has 0 saturated heterocycles. The first kappa shape index (κ1) is 15.2. The van der Waals surface area contributed by atoms with Gasteiger partial charge < -0.3 is 24.8 Å². The van der Waals surface area contributed by atoms with Gasteiger partial charge in [0, 0.05) is 0 Å². The predicted molar refractivity (Wildman–Crippen MR) is 40.2 cm³/mol. The minimum Gasteiger partial charge on any atom is -1.00 e. The topological polar surface area (TPSA) is 0 Å². The number of hydrogen-bond donors (Lipinski definition) is 0. The van der Waals surface area contributed by atoms with E-state index in [1.807, 2.05) is 0 Å². The summed E-state index contributed by atoms with van der Waals surface area (Å²) in [6.07, 6.45) is 11.3. The summed E-state index contributed by atoms with van der Waals surface area (Å²) in [5, 5.41) is 0. The molecule has 0 spiro atoms. The molecule has 3 heteroatoms. The Morgan fingerprint density at radius 1 is 1.50 bits per heavy atom. The SMILES string of the molecule is CCC=CC1=CC[C]([Zr+2])=C1.[Cl-].[Cl-]. The summed E-state index contributed by atoms with van der Waals surface area (Å²) in [4.78, 5) is 0. The van der Waals surface area contributed by atoms with E-state index < -0.39 is 0 Å². The average Bonchev–Trinajstić information content (AvgIpc) is 2.31. The maximum atomic E-state index is 2.29. The third kappa shape index (κ3) is 5.35. The van der Waals surface area contributed by atoms with Gasteiger partial charge in [0.25, 0.3) is 0 Å². The van der Waals surface area contributed by atoms with Crippen LogP contribution in [0.5, 0.6) is 0 Å². The second-order valence-electron chi connectivity index (χ2n) is 2.39. The maximum Gasteiger partial charge on any atom is -1.00 e. The Balaban J connectivity index is 0. The first-order chi connectivity index (χ1) is 4.83. The molecule has 0 aliphatic heterocycles. The van der Waals surface area contributed by atoms with Crippen LogP contribution in [0, 0.1) is 0 Å². The van der Waals surface area contributed by atoms with Crippen LogP contribution in [0.25, 0.3) is 0 Å². The van der Waals surface area contributed by atoms with Crippen LogP contribution >= 0.6 is 0 Å². The molecule has 0 aromatic heterocycles. The Morgan fingerprint density at radius 3 is 2.58 bits per heavy atom. The van der Waals surface area contributed by atoms with Crippen molar-refractivity contribution in [3.63, 3.8) is 0 Å². The molecule has 0 nitrogen and oxygen atoms in total. The molecule has 0 aromatic rings. The largest absolute Gasteiger partial charge is 1.00 e. The van der Waals surface area contributed by atoms with Crippen LogP contribution in [0.3, 0.4) is 0 Å². The van der Waals surface area contributed by atoms with Crippen molar-refractivity contribution in [1.29, 1.82) is 0 Å². The molecule has 0 N–H and O–H groups in total. The van der Waals surface area contributed by atoms with E-state index in [2.05, 4.69) is 31.2 Å². The zero-order chi connectivity index (χ0) is 7.40. The van der Waals surface area contributed by atoms with E-state index in [-0.39, 0.29) is 24.8 Å². The summed E-state index contributed by atoms with van der Waals surface area (Å²) in [5.74, 6) is 0. The van der Waals surface area contributed by atoms with Gasteiger partial charge in [-0.2, -0.15) is 0 Å². The standard InChI is InChI=1S/C9H11.2ClH.Zr/c1-2-3-6-9-7-4-5-8-9;;;/h3,6-8H,2,4H2,1H3;2*1H;/q;;;+2/p-2. The van der Waals surface area contributed by atoms with Crippen molar-refractivity contribution >= 4 is 0 Å². The first-order valence-electron chi connectivity index (χ1n) is 3.62. The zero-order valence-electron chi connectivity index (χ0n) is 6.98. The molecular formula is C9H11Cl2Zr. The normalized spacial score (nSPS) is 14.9. The fourth-order valence-electron chi connectivity index (χ4n) is 0.917. The number of allylic oxidation sites excluding steroid dienone is 6. The average molecular weight is 281 g/mol. The number of rotatable bonds is 2. The van der Waals surface area contributed by atoms with Crippen molar-refractivity contribution in [3.05, 3.63) is 33.2 Å². The fourth-order valence-corrected chi connectivity index (χ4v) is 1.58. The van der Waals surface area contributed by atoms with Crippen LogP contribution in [-0.2, 0) is 24.7 Å². The van der Waals surface area contributed by atoms with E-state index in [4.69, 9.17) is 0 Å². The molecule has 0 unspecified atom stereocenters. The molecule has 0 radical (unpaired) electrons. The van der Waals surface area contributed by atoms with Crippen LogP contribution < -0.4 is 24.8 Å². The number of halogens is 2. The van der Waals surface area contributed by atoms with Crippen molar-refractivity contribution in [3.8, 4) is 0 Å². The summed E-state index contributed by atoms with van der Waals surface area (Å²) < 4.78 is 1.56. The Labute approximate surface area is 102 Å². The molecule has 0 aromatic carbocycles. The Bertz CT molecular complexity index is 205. The second kappa shape index (κ2) is 8.29. The van der Waals surface area contributed by atoms with E-state index in [0.29, 0.717) is 0 Å². The summed E-state index contributed by atoms with van der Waals surface area (Å²) in [6, 6.07) is 0. The van der Waals surface area contributed by atoms with Crippen LogP contribution in [0.1, 0.15) is 19.8 Å². The monoisotopic (exact) mass is 279 g/mol. The van der Waals surface area contributed by atoms with Gasteiger partial charge in [0.1, 0.15) is 0 Å². The summed E-state index contributed by atoms with van der Waals surface area (Å²) >= 11 is 1.56. The third-order valence-corrected chi connectivity index (χ3v) is 2.30. The predicted octanol–water partition coefficient (Wildman–Crippen LogP) is -3.28. The third-order valence-electron chi connectivity index (χ3n) is 1.44. The van der Waals surface area contributed by atoms with Gasteiger partial charge >= 0.3 is 77.6 Å². The van der Waals surface area contributed by atoms with Crippen LogP contribution in [-0.4, -0.2) is 0 Å². The molecule has 1 aliphatic carbocycles. The smallest absolute Gasteiger partial charge is 1.00 e. The second-order valence-corrected chi connectivity index (χ2v) is 3.97. The molecule has 1 aliphatic rings. The van der Waals surface area contributed by atoms with E-state index in [1.165, 1.54) is 12.0 Å². The molecule has 0 amide bonds.